The van der Waals surface area contributed by atoms with Crippen LogP contribution in [0.4, 0.5) is 17.1 Å². The normalized spacial score (nSPS) is 10.8. The number of nitrogens with one attached hydrogen (secondary N) is 2. The maximum absolute atomic E-state index is 11.7. The number of aromatic nitrogens is 2. The first-order valence-corrected chi connectivity index (χ1v) is 6.73. The molecular weight excluding hydrogens is 288 g/mol. The van der Waals surface area contributed by atoms with Crippen LogP contribution in [-0.2, 0) is 0 Å². The first-order chi connectivity index (χ1) is 10.1. The second kappa shape index (κ2) is 5.10. The number of anilines is 3. The summed E-state index contributed by atoms with van der Waals surface area (Å²) in [6.07, 6.45) is 1.37. The SMILES string of the molecule is Cc1cccc(Cl)c1Nc1cc2nc[nH]c(=O)c2cc1N. The standard InChI is InChI=1S/C15H13ClN4O/c1-8-3-2-4-10(16)14(8)20-13-6-12-9(5-11(13)17)15(21)19-7-18-12/h2-7,20H,17H2,1H3,(H,18,19,21). The van der Waals surface area contributed by atoms with E-state index in [-0.39, 0.29) is 5.56 Å². The van der Waals surface area contributed by atoms with Crippen LogP contribution in [0, 0.1) is 6.92 Å². The van der Waals surface area contributed by atoms with Gasteiger partial charge in [-0.1, -0.05) is 23.7 Å². The minimum absolute atomic E-state index is 0.216. The average Bonchev–Trinajstić information content (AvgIpc) is 2.45. The molecule has 0 aliphatic carbocycles. The van der Waals surface area contributed by atoms with E-state index in [1.54, 1.807) is 18.2 Å². The van der Waals surface area contributed by atoms with Gasteiger partial charge in [0.25, 0.3) is 5.56 Å². The molecule has 0 unspecified atom stereocenters. The molecule has 5 nitrogen and oxygen atoms in total. The number of nitrogens with zero attached hydrogens (tertiary/aromatic N) is 1. The molecule has 4 N–H and O–H groups in total. The number of nitrogens with two attached hydrogens (primary N) is 1. The number of rotatable bonds is 2. The third-order valence-electron chi connectivity index (χ3n) is 3.29. The molecule has 0 bridgehead atoms. The third kappa shape index (κ3) is 2.43. The molecule has 3 rings (SSSR count). The Bertz CT molecular complexity index is 868. The molecule has 0 saturated carbocycles. The summed E-state index contributed by atoms with van der Waals surface area (Å²) >= 11 is 6.20. The lowest BCUT2D eigenvalue weighted by Gasteiger charge is -2.13. The van der Waals surface area contributed by atoms with Gasteiger partial charge in [-0.3, -0.25) is 4.79 Å². The van der Waals surface area contributed by atoms with Gasteiger partial charge in [0.15, 0.2) is 0 Å². The fourth-order valence-corrected chi connectivity index (χ4v) is 2.43. The molecule has 3 aromatic rings. The number of halogens is 1. The van der Waals surface area contributed by atoms with Crippen LogP contribution in [-0.4, -0.2) is 9.97 Å². The van der Waals surface area contributed by atoms with E-state index >= 15 is 0 Å². The zero-order valence-corrected chi connectivity index (χ0v) is 12.0. The zero-order valence-electron chi connectivity index (χ0n) is 11.3. The molecule has 0 spiro atoms. The highest BCUT2D eigenvalue weighted by Crippen LogP contribution is 2.32. The van der Waals surface area contributed by atoms with Crippen LogP contribution < -0.4 is 16.6 Å². The van der Waals surface area contributed by atoms with Gasteiger partial charge in [-0.25, -0.2) is 4.98 Å². The molecule has 6 heteroatoms. The summed E-state index contributed by atoms with van der Waals surface area (Å²) in [6.45, 7) is 1.95. The lowest BCUT2D eigenvalue weighted by Crippen LogP contribution is -2.08. The minimum Gasteiger partial charge on any atom is -0.397 e. The predicted octanol–water partition coefficient (Wildman–Crippen LogP) is 3.21. The van der Waals surface area contributed by atoms with Crippen LogP contribution in [0.3, 0.4) is 0 Å². The van der Waals surface area contributed by atoms with E-state index in [0.717, 1.165) is 11.3 Å². The molecule has 0 atom stereocenters. The highest BCUT2D eigenvalue weighted by molar-refractivity contribution is 6.33. The van der Waals surface area contributed by atoms with Crippen LogP contribution in [0.1, 0.15) is 5.56 Å². The number of aryl methyl sites for hydroxylation is 1. The largest absolute Gasteiger partial charge is 0.397 e. The van der Waals surface area contributed by atoms with E-state index in [1.807, 2.05) is 19.1 Å². The first-order valence-electron chi connectivity index (χ1n) is 6.35. The van der Waals surface area contributed by atoms with Gasteiger partial charge in [-0.05, 0) is 30.7 Å². The van der Waals surface area contributed by atoms with Crippen molar-refractivity contribution in [1.29, 1.82) is 0 Å². The van der Waals surface area contributed by atoms with Crippen LogP contribution in [0.2, 0.25) is 5.02 Å². The summed E-state index contributed by atoms with van der Waals surface area (Å²) in [5.41, 5.74) is 9.28. The topological polar surface area (TPSA) is 83.8 Å². The minimum atomic E-state index is -0.216. The van der Waals surface area contributed by atoms with Crippen molar-refractivity contribution in [2.45, 2.75) is 6.92 Å². The summed E-state index contributed by atoms with van der Waals surface area (Å²) in [7, 11) is 0. The third-order valence-corrected chi connectivity index (χ3v) is 3.61. The molecule has 21 heavy (non-hydrogen) atoms. The smallest absolute Gasteiger partial charge is 0.258 e. The van der Waals surface area contributed by atoms with Crippen molar-refractivity contribution in [3.63, 3.8) is 0 Å². The monoisotopic (exact) mass is 300 g/mol. The van der Waals surface area contributed by atoms with Crippen LogP contribution in [0.15, 0.2) is 41.5 Å². The Labute approximate surface area is 125 Å². The van der Waals surface area contributed by atoms with Gasteiger partial charge in [0.1, 0.15) is 0 Å². The van der Waals surface area contributed by atoms with Crippen molar-refractivity contribution in [2.24, 2.45) is 0 Å². The molecule has 1 aromatic heterocycles. The maximum atomic E-state index is 11.7. The van der Waals surface area contributed by atoms with E-state index in [0.29, 0.717) is 27.3 Å². The van der Waals surface area contributed by atoms with Crippen LogP contribution in [0.5, 0.6) is 0 Å². The summed E-state index contributed by atoms with van der Waals surface area (Å²) in [4.78, 5) is 18.4. The number of benzene rings is 2. The lowest BCUT2D eigenvalue weighted by atomic mass is 10.1. The predicted molar refractivity (Wildman–Crippen MR) is 86.2 cm³/mol. The fourth-order valence-electron chi connectivity index (χ4n) is 2.17. The zero-order chi connectivity index (χ0) is 15.0. The number of H-pyrrole nitrogens is 1. The first kappa shape index (κ1) is 13.5. The number of hydrogen-bond acceptors (Lipinski definition) is 4. The van der Waals surface area contributed by atoms with E-state index in [4.69, 9.17) is 17.3 Å². The van der Waals surface area contributed by atoms with Gasteiger partial charge in [0, 0.05) is 0 Å². The Kier molecular flexibility index (Phi) is 3.27. The second-order valence-corrected chi connectivity index (χ2v) is 5.15. The quantitative estimate of drug-likeness (QED) is 0.635. The fraction of sp³-hybridized carbons (Fsp3) is 0.0667. The Hall–Kier alpha value is -2.53. The van der Waals surface area contributed by atoms with Gasteiger partial charge >= 0.3 is 0 Å². The molecule has 0 aliphatic heterocycles. The van der Waals surface area contributed by atoms with Crippen molar-refractivity contribution < 1.29 is 0 Å². The van der Waals surface area contributed by atoms with E-state index in [2.05, 4.69) is 15.3 Å². The lowest BCUT2D eigenvalue weighted by molar-refractivity contribution is 1.17. The Morgan fingerprint density at radius 1 is 1.33 bits per heavy atom. The average molecular weight is 301 g/mol. The molecule has 2 aromatic carbocycles. The second-order valence-electron chi connectivity index (χ2n) is 4.75. The van der Waals surface area contributed by atoms with Gasteiger partial charge in [0.05, 0.1) is 39.3 Å². The van der Waals surface area contributed by atoms with Gasteiger partial charge in [-0.2, -0.15) is 0 Å². The van der Waals surface area contributed by atoms with Gasteiger partial charge in [0.2, 0.25) is 0 Å². The molecular formula is C15H13ClN4O. The summed E-state index contributed by atoms with van der Waals surface area (Å²) in [5, 5.41) is 4.27. The van der Waals surface area contributed by atoms with Crippen molar-refractivity contribution >= 4 is 39.6 Å². The number of aromatic amines is 1. The summed E-state index contributed by atoms with van der Waals surface area (Å²) in [6, 6.07) is 8.98. The molecule has 1 heterocycles. The van der Waals surface area contributed by atoms with Crippen LogP contribution >= 0.6 is 11.6 Å². The van der Waals surface area contributed by atoms with Gasteiger partial charge in [-0.15, -0.1) is 0 Å². The maximum Gasteiger partial charge on any atom is 0.258 e. The highest BCUT2D eigenvalue weighted by Gasteiger charge is 2.09. The summed E-state index contributed by atoms with van der Waals surface area (Å²) < 4.78 is 0. The number of hydrogen-bond donors (Lipinski definition) is 3. The summed E-state index contributed by atoms with van der Waals surface area (Å²) in [5.74, 6) is 0. The molecule has 106 valence electrons. The molecule has 0 fully saturated rings. The van der Waals surface area contributed by atoms with Crippen molar-refractivity contribution in [2.75, 3.05) is 11.1 Å². The van der Waals surface area contributed by atoms with Crippen molar-refractivity contribution in [3.8, 4) is 0 Å². The van der Waals surface area contributed by atoms with E-state index in [1.165, 1.54) is 6.33 Å². The van der Waals surface area contributed by atoms with E-state index in [9.17, 15) is 4.79 Å². The highest BCUT2D eigenvalue weighted by atomic mass is 35.5. The Morgan fingerprint density at radius 3 is 2.90 bits per heavy atom. The molecule has 0 saturated heterocycles. The number of fused-ring (bicyclic) bond motifs is 1. The van der Waals surface area contributed by atoms with E-state index < -0.39 is 0 Å². The van der Waals surface area contributed by atoms with Gasteiger partial charge < -0.3 is 16.0 Å². The molecule has 0 amide bonds. The number of nitrogen functional groups attached to an aromatic ring is 1. The Balaban J connectivity index is 2.13. The van der Waals surface area contributed by atoms with Crippen molar-refractivity contribution in [1.82, 2.24) is 9.97 Å². The Morgan fingerprint density at radius 2 is 2.14 bits per heavy atom. The molecule has 0 aliphatic rings. The van der Waals surface area contributed by atoms with Crippen molar-refractivity contribution in [3.05, 3.63) is 57.6 Å². The number of para-hydroxylation sites is 1. The van der Waals surface area contributed by atoms with Crippen LogP contribution in [0.25, 0.3) is 10.9 Å². The molecule has 0 radical (unpaired) electrons.